The quantitative estimate of drug-likeness (QED) is 0.694. The fourth-order valence-electron chi connectivity index (χ4n) is 2.41. The zero-order chi connectivity index (χ0) is 14.3. The standard InChI is InChI=1S/C15H29N3O/c1-6-14(12(3)4)18-11-13(5)17-15(18)16-9-8-10-19-7-2/h11-12,14H,6-10H2,1-5H3,(H,16,17). The van der Waals surface area contributed by atoms with Crippen LogP contribution in [0.5, 0.6) is 0 Å². The van der Waals surface area contributed by atoms with Gasteiger partial charge in [0.15, 0.2) is 0 Å². The SMILES string of the molecule is CCOCCCNc1nc(C)cn1C(CC)C(C)C. The molecule has 4 nitrogen and oxygen atoms in total. The smallest absolute Gasteiger partial charge is 0.203 e. The zero-order valence-corrected chi connectivity index (χ0v) is 13.1. The van der Waals surface area contributed by atoms with Gasteiger partial charge < -0.3 is 14.6 Å². The van der Waals surface area contributed by atoms with E-state index in [0.29, 0.717) is 12.0 Å². The number of hydrogen-bond acceptors (Lipinski definition) is 3. The van der Waals surface area contributed by atoms with E-state index in [-0.39, 0.29) is 0 Å². The van der Waals surface area contributed by atoms with Crippen LogP contribution in [0.3, 0.4) is 0 Å². The summed E-state index contributed by atoms with van der Waals surface area (Å²) >= 11 is 0. The van der Waals surface area contributed by atoms with Crippen LogP contribution in [0.4, 0.5) is 5.95 Å². The molecule has 0 aromatic carbocycles. The van der Waals surface area contributed by atoms with E-state index in [1.54, 1.807) is 0 Å². The van der Waals surface area contributed by atoms with Crippen molar-refractivity contribution >= 4 is 5.95 Å². The molecule has 0 aliphatic heterocycles. The molecule has 0 saturated carbocycles. The molecule has 19 heavy (non-hydrogen) atoms. The number of imidazole rings is 1. The molecule has 0 aliphatic rings. The van der Waals surface area contributed by atoms with Crippen molar-refractivity contribution in [2.24, 2.45) is 5.92 Å². The summed E-state index contributed by atoms with van der Waals surface area (Å²) in [7, 11) is 0. The van der Waals surface area contributed by atoms with Gasteiger partial charge in [-0.15, -0.1) is 0 Å². The van der Waals surface area contributed by atoms with E-state index in [2.05, 4.69) is 48.8 Å². The number of ether oxygens (including phenoxy) is 1. The first-order valence-electron chi connectivity index (χ1n) is 7.47. The van der Waals surface area contributed by atoms with Crippen molar-refractivity contribution in [1.82, 2.24) is 9.55 Å². The van der Waals surface area contributed by atoms with Crippen LogP contribution in [0, 0.1) is 12.8 Å². The summed E-state index contributed by atoms with van der Waals surface area (Å²) in [5, 5.41) is 3.43. The first-order chi connectivity index (χ1) is 9.10. The van der Waals surface area contributed by atoms with Gasteiger partial charge in [-0.25, -0.2) is 4.98 Å². The van der Waals surface area contributed by atoms with Gasteiger partial charge in [-0.3, -0.25) is 0 Å². The maximum atomic E-state index is 5.35. The highest BCUT2D eigenvalue weighted by Gasteiger charge is 2.17. The molecule has 0 spiro atoms. The number of aromatic nitrogens is 2. The summed E-state index contributed by atoms with van der Waals surface area (Å²) in [6, 6.07) is 0.510. The van der Waals surface area contributed by atoms with E-state index in [4.69, 9.17) is 4.74 Å². The highest BCUT2D eigenvalue weighted by atomic mass is 16.5. The Hall–Kier alpha value is -1.03. The molecule has 1 N–H and O–H groups in total. The topological polar surface area (TPSA) is 39.1 Å². The minimum atomic E-state index is 0.510. The Morgan fingerprint density at radius 2 is 2.11 bits per heavy atom. The first kappa shape index (κ1) is 16.0. The van der Waals surface area contributed by atoms with Crippen molar-refractivity contribution in [3.8, 4) is 0 Å². The molecular formula is C15H29N3O. The summed E-state index contributed by atoms with van der Waals surface area (Å²) in [4.78, 5) is 4.59. The summed E-state index contributed by atoms with van der Waals surface area (Å²) in [6.07, 6.45) is 4.29. The summed E-state index contributed by atoms with van der Waals surface area (Å²) in [5.74, 6) is 1.61. The Balaban J connectivity index is 2.62. The van der Waals surface area contributed by atoms with Crippen LogP contribution in [0.25, 0.3) is 0 Å². The van der Waals surface area contributed by atoms with Gasteiger partial charge in [0.2, 0.25) is 5.95 Å². The maximum Gasteiger partial charge on any atom is 0.203 e. The summed E-state index contributed by atoms with van der Waals surface area (Å²) in [6.45, 7) is 13.4. The average Bonchev–Trinajstić information content (AvgIpc) is 2.71. The van der Waals surface area contributed by atoms with Gasteiger partial charge in [0.25, 0.3) is 0 Å². The van der Waals surface area contributed by atoms with Crippen molar-refractivity contribution in [1.29, 1.82) is 0 Å². The third-order valence-corrected chi connectivity index (χ3v) is 3.35. The van der Waals surface area contributed by atoms with Crippen LogP contribution in [-0.4, -0.2) is 29.3 Å². The molecule has 0 amide bonds. The summed E-state index contributed by atoms with van der Waals surface area (Å²) in [5.41, 5.74) is 1.08. The minimum absolute atomic E-state index is 0.510. The predicted molar refractivity (Wildman–Crippen MR) is 80.7 cm³/mol. The number of rotatable bonds is 9. The number of aryl methyl sites for hydroxylation is 1. The second-order valence-electron chi connectivity index (χ2n) is 5.31. The van der Waals surface area contributed by atoms with E-state index in [0.717, 1.165) is 44.2 Å². The van der Waals surface area contributed by atoms with Crippen molar-refractivity contribution in [2.45, 2.75) is 53.5 Å². The van der Waals surface area contributed by atoms with Crippen molar-refractivity contribution in [2.75, 3.05) is 25.1 Å². The molecule has 1 aromatic rings. The molecule has 0 saturated heterocycles. The molecule has 1 heterocycles. The van der Waals surface area contributed by atoms with E-state index < -0.39 is 0 Å². The Morgan fingerprint density at radius 1 is 1.37 bits per heavy atom. The second-order valence-corrected chi connectivity index (χ2v) is 5.31. The number of hydrogen-bond donors (Lipinski definition) is 1. The van der Waals surface area contributed by atoms with Gasteiger partial charge in [-0.05, 0) is 32.6 Å². The molecule has 110 valence electrons. The van der Waals surface area contributed by atoms with Crippen LogP contribution < -0.4 is 5.32 Å². The highest BCUT2D eigenvalue weighted by Crippen LogP contribution is 2.25. The molecule has 0 bridgehead atoms. The van der Waals surface area contributed by atoms with Crippen molar-refractivity contribution in [3.05, 3.63) is 11.9 Å². The van der Waals surface area contributed by atoms with Gasteiger partial charge in [-0.2, -0.15) is 0 Å². The second kappa shape index (κ2) is 8.20. The van der Waals surface area contributed by atoms with Crippen LogP contribution in [0.2, 0.25) is 0 Å². The molecular weight excluding hydrogens is 238 g/mol. The fraction of sp³-hybridized carbons (Fsp3) is 0.800. The Morgan fingerprint density at radius 3 is 2.68 bits per heavy atom. The van der Waals surface area contributed by atoms with E-state index in [1.807, 2.05) is 6.92 Å². The molecule has 0 aliphatic carbocycles. The van der Waals surface area contributed by atoms with Crippen LogP contribution in [0.1, 0.15) is 52.3 Å². The van der Waals surface area contributed by atoms with E-state index >= 15 is 0 Å². The summed E-state index contributed by atoms with van der Waals surface area (Å²) < 4.78 is 7.64. The van der Waals surface area contributed by atoms with Gasteiger partial charge in [0, 0.05) is 32.0 Å². The molecule has 0 fully saturated rings. The van der Waals surface area contributed by atoms with Gasteiger partial charge in [0.1, 0.15) is 0 Å². The molecule has 4 heteroatoms. The van der Waals surface area contributed by atoms with Gasteiger partial charge in [-0.1, -0.05) is 20.8 Å². The largest absolute Gasteiger partial charge is 0.382 e. The third kappa shape index (κ3) is 4.86. The minimum Gasteiger partial charge on any atom is -0.382 e. The van der Waals surface area contributed by atoms with Crippen LogP contribution >= 0.6 is 0 Å². The van der Waals surface area contributed by atoms with E-state index in [9.17, 15) is 0 Å². The predicted octanol–water partition coefficient (Wildman–Crippen LogP) is 3.64. The lowest BCUT2D eigenvalue weighted by Crippen LogP contribution is -2.17. The normalized spacial score (nSPS) is 12.9. The molecule has 1 rings (SSSR count). The Kier molecular flexibility index (Phi) is 6.92. The average molecular weight is 267 g/mol. The molecule has 1 atom stereocenters. The maximum absolute atomic E-state index is 5.35. The lowest BCUT2D eigenvalue weighted by molar-refractivity contribution is 0.147. The zero-order valence-electron chi connectivity index (χ0n) is 13.1. The lowest BCUT2D eigenvalue weighted by Gasteiger charge is -2.23. The highest BCUT2D eigenvalue weighted by molar-refractivity contribution is 5.29. The molecule has 1 unspecified atom stereocenters. The monoisotopic (exact) mass is 267 g/mol. The van der Waals surface area contributed by atoms with Gasteiger partial charge >= 0.3 is 0 Å². The Labute approximate surface area is 117 Å². The van der Waals surface area contributed by atoms with Gasteiger partial charge in [0.05, 0.1) is 5.69 Å². The Bertz CT molecular complexity index is 360. The lowest BCUT2D eigenvalue weighted by atomic mass is 10.0. The number of nitrogens with zero attached hydrogens (tertiary/aromatic N) is 2. The van der Waals surface area contributed by atoms with Crippen molar-refractivity contribution < 1.29 is 4.74 Å². The number of nitrogens with one attached hydrogen (secondary N) is 1. The number of anilines is 1. The van der Waals surface area contributed by atoms with E-state index in [1.165, 1.54) is 0 Å². The molecule has 1 aromatic heterocycles. The fourth-order valence-corrected chi connectivity index (χ4v) is 2.41. The van der Waals surface area contributed by atoms with Crippen LogP contribution in [0.15, 0.2) is 6.20 Å². The first-order valence-corrected chi connectivity index (χ1v) is 7.47. The van der Waals surface area contributed by atoms with Crippen LogP contribution in [-0.2, 0) is 4.74 Å². The molecule has 0 radical (unpaired) electrons. The van der Waals surface area contributed by atoms with Crippen molar-refractivity contribution in [3.63, 3.8) is 0 Å². The third-order valence-electron chi connectivity index (χ3n) is 3.35.